The van der Waals surface area contributed by atoms with Gasteiger partial charge in [0.15, 0.2) is 0 Å². The number of nitrogens with one attached hydrogen (secondary N) is 1. The fourth-order valence-corrected chi connectivity index (χ4v) is 3.75. The highest BCUT2D eigenvalue weighted by molar-refractivity contribution is 5.97. The number of aryl methyl sites for hydroxylation is 2. The Kier molecular flexibility index (Phi) is 5.04. The molecule has 0 saturated carbocycles. The number of aromatic nitrogens is 4. The Bertz CT molecular complexity index is 992. The van der Waals surface area contributed by atoms with Gasteiger partial charge in [0.05, 0.1) is 23.7 Å². The third-order valence-corrected chi connectivity index (χ3v) is 5.24. The number of amides is 1. The van der Waals surface area contributed by atoms with E-state index in [2.05, 4.69) is 26.7 Å². The fourth-order valence-electron chi connectivity index (χ4n) is 3.75. The van der Waals surface area contributed by atoms with E-state index in [0.717, 1.165) is 48.7 Å². The maximum absolute atomic E-state index is 12.6. The molecule has 0 spiro atoms. The number of carbonyl (C=O) groups excluding carboxylic acids is 1. The van der Waals surface area contributed by atoms with Crippen molar-refractivity contribution in [3.8, 4) is 0 Å². The van der Waals surface area contributed by atoms with Crippen molar-refractivity contribution in [2.45, 2.75) is 39.0 Å². The monoisotopic (exact) mass is 382 g/mol. The predicted octanol–water partition coefficient (Wildman–Crippen LogP) is 1.68. The quantitative estimate of drug-likeness (QED) is 0.677. The minimum atomic E-state index is -0.304. The molecule has 2 N–H and O–H groups in total. The van der Waals surface area contributed by atoms with Crippen LogP contribution in [0.25, 0.3) is 11.0 Å². The van der Waals surface area contributed by atoms with Gasteiger partial charge in [0.2, 0.25) is 5.95 Å². The number of anilines is 1. The lowest BCUT2D eigenvalue weighted by atomic mass is 10.2. The highest BCUT2D eigenvalue weighted by Gasteiger charge is 2.24. The smallest absolute Gasteiger partial charge is 0.251 e. The van der Waals surface area contributed by atoms with Crippen LogP contribution in [0.1, 0.15) is 35.9 Å². The van der Waals surface area contributed by atoms with E-state index in [1.807, 2.05) is 36.0 Å². The lowest BCUT2D eigenvalue weighted by Gasteiger charge is -2.16. The molecule has 0 aliphatic carbocycles. The first kappa shape index (κ1) is 18.5. The summed E-state index contributed by atoms with van der Waals surface area (Å²) in [5, 5.41) is 12.7. The number of β-amino-alcohol motifs (C(OH)–C–C–N with tert-alkyl or cyclic N) is 1. The van der Waals surface area contributed by atoms with Crippen molar-refractivity contribution < 1.29 is 9.90 Å². The van der Waals surface area contributed by atoms with Gasteiger partial charge in [-0.2, -0.15) is 0 Å². The van der Waals surface area contributed by atoms with Gasteiger partial charge in [-0.3, -0.25) is 4.79 Å². The number of benzene rings is 1. The van der Waals surface area contributed by atoms with E-state index in [4.69, 9.17) is 4.98 Å². The molecular formula is C20H26N6O2. The molecule has 8 heteroatoms. The standard InChI is InChI=1S/C20H26N6O2/c1-3-8-25-10-7-21-18(25)12-22-19(28)14-4-5-17-16(11-14)23-20(24(17)2)26-9-6-15(27)13-26/h4-5,7,10-11,15,27H,3,6,8-9,12-13H2,1-2H3,(H,22,28)/t15-/m0/s1. The van der Waals surface area contributed by atoms with E-state index in [-0.39, 0.29) is 12.0 Å². The van der Waals surface area contributed by atoms with E-state index in [9.17, 15) is 9.90 Å². The summed E-state index contributed by atoms with van der Waals surface area (Å²) >= 11 is 0. The lowest BCUT2D eigenvalue weighted by Crippen LogP contribution is -2.24. The molecule has 3 heterocycles. The predicted molar refractivity (Wildman–Crippen MR) is 107 cm³/mol. The highest BCUT2D eigenvalue weighted by atomic mass is 16.3. The molecule has 0 bridgehead atoms. The Morgan fingerprint density at radius 1 is 1.39 bits per heavy atom. The van der Waals surface area contributed by atoms with E-state index in [1.54, 1.807) is 6.20 Å². The van der Waals surface area contributed by atoms with E-state index in [1.165, 1.54) is 0 Å². The van der Waals surface area contributed by atoms with Gasteiger partial charge in [-0.15, -0.1) is 0 Å². The maximum atomic E-state index is 12.6. The van der Waals surface area contributed by atoms with Gasteiger partial charge < -0.3 is 24.5 Å². The Balaban J connectivity index is 1.51. The van der Waals surface area contributed by atoms with Gasteiger partial charge >= 0.3 is 0 Å². The molecular weight excluding hydrogens is 356 g/mol. The minimum absolute atomic E-state index is 0.142. The molecule has 4 rings (SSSR count). The Morgan fingerprint density at radius 2 is 2.25 bits per heavy atom. The first-order valence-electron chi connectivity index (χ1n) is 9.74. The summed E-state index contributed by atoms with van der Waals surface area (Å²) in [5.41, 5.74) is 2.32. The molecule has 8 nitrogen and oxygen atoms in total. The van der Waals surface area contributed by atoms with Crippen LogP contribution in [0.2, 0.25) is 0 Å². The molecule has 3 aromatic rings. The zero-order chi connectivity index (χ0) is 19.7. The Hall–Kier alpha value is -2.87. The Morgan fingerprint density at radius 3 is 3.00 bits per heavy atom. The number of hydrogen-bond donors (Lipinski definition) is 2. The number of rotatable bonds is 6. The second-order valence-electron chi connectivity index (χ2n) is 7.28. The molecule has 1 fully saturated rings. The van der Waals surface area contributed by atoms with Crippen molar-refractivity contribution in [2.24, 2.45) is 7.05 Å². The van der Waals surface area contributed by atoms with Gasteiger partial charge in [-0.05, 0) is 31.0 Å². The van der Waals surface area contributed by atoms with Crippen LogP contribution in [0.3, 0.4) is 0 Å². The van der Waals surface area contributed by atoms with Crippen LogP contribution in [0.4, 0.5) is 5.95 Å². The molecule has 1 aliphatic rings. The summed E-state index contributed by atoms with van der Waals surface area (Å²) < 4.78 is 4.07. The molecule has 0 radical (unpaired) electrons. The number of aliphatic hydroxyl groups is 1. The van der Waals surface area contributed by atoms with Crippen LogP contribution in [0, 0.1) is 0 Å². The molecule has 1 aliphatic heterocycles. The van der Waals surface area contributed by atoms with Gasteiger partial charge in [0.25, 0.3) is 5.91 Å². The largest absolute Gasteiger partial charge is 0.391 e. The summed E-state index contributed by atoms with van der Waals surface area (Å²) in [4.78, 5) is 23.7. The van der Waals surface area contributed by atoms with Crippen molar-refractivity contribution in [3.05, 3.63) is 42.0 Å². The first-order valence-corrected chi connectivity index (χ1v) is 9.74. The molecule has 148 valence electrons. The van der Waals surface area contributed by atoms with E-state index >= 15 is 0 Å². The first-order chi connectivity index (χ1) is 13.6. The fraction of sp³-hybridized carbons (Fsp3) is 0.450. The van der Waals surface area contributed by atoms with Crippen LogP contribution in [-0.2, 0) is 20.1 Å². The van der Waals surface area contributed by atoms with Crippen LogP contribution in [0.15, 0.2) is 30.6 Å². The van der Waals surface area contributed by atoms with Crippen molar-refractivity contribution in [2.75, 3.05) is 18.0 Å². The van der Waals surface area contributed by atoms with Crippen molar-refractivity contribution >= 4 is 22.9 Å². The topological polar surface area (TPSA) is 88.2 Å². The third kappa shape index (κ3) is 3.47. The number of carbonyl (C=O) groups is 1. The highest BCUT2D eigenvalue weighted by Crippen LogP contribution is 2.25. The molecule has 1 atom stereocenters. The number of fused-ring (bicyclic) bond motifs is 1. The zero-order valence-corrected chi connectivity index (χ0v) is 16.3. The summed E-state index contributed by atoms with van der Waals surface area (Å²) in [6.07, 6.45) is 5.16. The molecule has 1 amide bonds. The zero-order valence-electron chi connectivity index (χ0n) is 16.3. The SMILES string of the molecule is CCCn1ccnc1CNC(=O)c1ccc2c(c1)nc(N1CC[C@H](O)C1)n2C. The number of hydrogen-bond acceptors (Lipinski definition) is 5. The third-order valence-electron chi connectivity index (χ3n) is 5.24. The van der Waals surface area contributed by atoms with Crippen molar-refractivity contribution in [1.82, 2.24) is 24.4 Å². The van der Waals surface area contributed by atoms with Crippen LogP contribution < -0.4 is 10.2 Å². The molecule has 1 aromatic carbocycles. The molecule has 0 unspecified atom stereocenters. The maximum Gasteiger partial charge on any atom is 0.251 e. The summed E-state index contributed by atoms with van der Waals surface area (Å²) in [5.74, 6) is 1.53. The number of nitrogens with zero attached hydrogens (tertiary/aromatic N) is 5. The normalized spacial score (nSPS) is 16.8. The average molecular weight is 382 g/mol. The van der Waals surface area contributed by atoms with Gasteiger partial charge in [-0.1, -0.05) is 6.92 Å². The number of imidazole rings is 2. The molecule has 2 aromatic heterocycles. The second-order valence-corrected chi connectivity index (χ2v) is 7.28. The van der Waals surface area contributed by atoms with E-state index < -0.39 is 0 Å². The lowest BCUT2D eigenvalue weighted by molar-refractivity contribution is 0.0949. The van der Waals surface area contributed by atoms with Crippen molar-refractivity contribution in [1.29, 1.82) is 0 Å². The van der Waals surface area contributed by atoms with Gasteiger partial charge in [0.1, 0.15) is 5.82 Å². The average Bonchev–Trinajstić information content (AvgIpc) is 3.39. The molecule has 28 heavy (non-hydrogen) atoms. The second kappa shape index (κ2) is 7.63. The van der Waals surface area contributed by atoms with Crippen molar-refractivity contribution in [3.63, 3.8) is 0 Å². The summed E-state index contributed by atoms with van der Waals surface area (Å²) in [6, 6.07) is 5.56. The Labute approximate surface area is 163 Å². The van der Waals surface area contributed by atoms with Crippen LogP contribution >= 0.6 is 0 Å². The summed E-state index contributed by atoms with van der Waals surface area (Å²) in [6.45, 7) is 4.77. The van der Waals surface area contributed by atoms with Crippen LogP contribution in [0.5, 0.6) is 0 Å². The molecule has 1 saturated heterocycles. The number of aliphatic hydroxyl groups excluding tert-OH is 1. The van der Waals surface area contributed by atoms with Gasteiger partial charge in [0, 0.05) is 44.6 Å². The van der Waals surface area contributed by atoms with Gasteiger partial charge in [-0.25, -0.2) is 9.97 Å². The minimum Gasteiger partial charge on any atom is -0.391 e. The summed E-state index contributed by atoms with van der Waals surface area (Å²) in [7, 11) is 1.96. The van der Waals surface area contributed by atoms with Crippen LogP contribution in [-0.4, -0.2) is 49.3 Å². The van der Waals surface area contributed by atoms with E-state index in [0.29, 0.717) is 18.7 Å².